The van der Waals surface area contributed by atoms with Gasteiger partial charge >= 0.3 is 0 Å². The molecule has 1 aromatic carbocycles. The summed E-state index contributed by atoms with van der Waals surface area (Å²) in [5, 5.41) is 0. The third-order valence-corrected chi connectivity index (χ3v) is 3.96. The second-order valence-corrected chi connectivity index (χ2v) is 6.02. The molecule has 1 heterocycles. The van der Waals surface area contributed by atoms with Gasteiger partial charge in [0.05, 0.1) is 0 Å². The van der Waals surface area contributed by atoms with Gasteiger partial charge in [-0.2, -0.15) is 0 Å². The molecule has 2 N–H and O–H groups in total. The minimum absolute atomic E-state index is 0.241. The van der Waals surface area contributed by atoms with E-state index in [4.69, 9.17) is 5.73 Å². The molecule has 0 bridgehead atoms. The molecule has 1 saturated heterocycles. The van der Waals surface area contributed by atoms with Gasteiger partial charge < -0.3 is 10.6 Å². The van der Waals surface area contributed by atoms with Gasteiger partial charge in [-0.25, -0.2) is 0 Å². The van der Waals surface area contributed by atoms with Crippen molar-refractivity contribution in [2.24, 2.45) is 11.7 Å². The standard InChI is InChI=1S/C16H26N2/c1-12-8-9-18(14(3)10-12)16-6-4-15(5-7-16)11-13(2)17/h4-7,12-14H,8-11,17H2,1-3H3. The molecular formula is C16H26N2. The van der Waals surface area contributed by atoms with Crippen LogP contribution in [0.25, 0.3) is 0 Å². The third kappa shape index (κ3) is 3.26. The van der Waals surface area contributed by atoms with E-state index in [1.54, 1.807) is 0 Å². The molecule has 0 aliphatic carbocycles. The molecule has 3 atom stereocenters. The van der Waals surface area contributed by atoms with E-state index in [2.05, 4.69) is 49.9 Å². The summed E-state index contributed by atoms with van der Waals surface area (Å²) in [5.74, 6) is 0.869. The van der Waals surface area contributed by atoms with Crippen LogP contribution in [0.4, 0.5) is 5.69 Å². The van der Waals surface area contributed by atoms with Crippen molar-refractivity contribution in [3.05, 3.63) is 29.8 Å². The molecule has 2 rings (SSSR count). The number of hydrogen-bond acceptors (Lipinski definition) is 2. The Balaban J connectivity index is 2.05. The topological polar surface area (TPSA) is 29.3 Å². The summed E-state index contributed by atoms with van der Waals surface area (Å²) in [6.45, 7) is 7.95. The second kappa shape index (κ2) is 5.75. The summed E-state index contributed by atoms with van der Waals surface area (Å²) in [7, 11) is 0. The molecule has 1 aromatic rings. The smallest absolute Gasteiger partial charge is 0.0368 e. The average molecular weight is 246 g/mol. The Hall–Kier alpha value is -1.02. The normalized spacial score (nSPS) is 26.1. The van der Waals surface area contributed by atoms with Crippen molar-refractivity contribution in [1.82, 2.24) is 0 Å². The van der Waals surface area contributed by atoms with Crippen LogP contribution in [0.5, 0.6) is 0 Å². The molecule has 0 aromatic heterocycles. The lowest BCUT2D eigenvalue weighted by Gasteiger charge is -2.38. The van der Waals surface area contributed by atoms with E-state index in [9.17, 15) is 0 Å². The average Bonchev–Trinajstić information content (AvgIpc) is 2.30. The Kier molecular flexibility index (Phi) is 4.28. The van der Waals surface area contributed by atoms with Crippen LogP contribution in [0.1, 0.15) is 39.2 Å². The number of rotatable bonds is 3. The maximum Gasteiger partial charge on any atom is 0.0368 e. The Morgan fingerprint density at radius 1 is 1.28 bits per heavy atom. The van der Waals surface area contributed by atoms with Crippen molar-refractivity contribution in [2.75, 3.05) is 11.4 Å². The summed E-state index contributed by atoms with van der Waals surface area (Å²) in [5.41, 5.74) is 8.54. The lowest BCUT2D eigenvalue weighted by Crippen LogP contribution is -2.40. The fourth-order valence-corrected chi connectivity index (χ4v) is 2.99. The fourth-order valence-electron chi connectivity index (χ4n) is 2.99. The summed E-state index contributed by atoms with van der Waals surface area (Å²) >= 11 is 0. The monoisotopic (exact) mass is 246 g/mol. The van der Waals surface area contributed by atoms with E-state index < -0.39 is 0 Å². The van der Waals surface area contributed by atoms with Gasteiger partial charge in [0.15, 0.2) is 0 Å². The van der Waals surface area contributed by atoms with Gasteiger partial charge in [-0.1, -0.05) is 19.1 Å². The molecule has 0 radical (unpaired) electrons. The van der Waals surface area contributed by atoms with E-state index >= 15 is 0 Å². The van der Waals surface area contributed by atoms with Crippen molar-refractivity contribution in [3.8, 4) is 0 Å². The first-order valence-corrected chi connectivity index (χ1v) is 7.17. The number of benzene rings is 1. The highest BCUT2D eigenvalue weighted by Crippen LogP contribution is 2.27. The van der Waals surface area contributed by atoms with Crippen molar-refractivity contribution in [2.45, 2.75) is 52.1 Å². The van der Waals surface area contributed by atoms with E-state index in [0.717, 1.165) is 12.3 Å². The zero-order valence-corrected chi connectivity index (χ0v) is 11.9. The number of piperidine rings is 1. The summed E-state index contributed by atoms with van der Waals surface area (Å²) in [6.07, 6.45) is 3.58. The van der Waals surface area contributed by atoms with Crippen LogP contribution in [0.15, 0.2) is 24.3 Å². The maximum absolute atomic E-state index is 5.83. The largest absolute Gasteiger partial charge is 0.369 e. The zero-order chi connectivity index (χ0) is 13.1. The number of anilines is 1. The van der Waals surface area contributed by atoms with Crippen molar-refractivity contribution in [1.29, 1.82) is 0 Å². The Bertz CT molecular complexity index is 369. The predicted molar refractivity (Wildman–Crippen MR) is 79.0 cm³/mol. The SMILES string of the molecule is CC(N)Cc1ccc(N2CCC(C)CC2C)cc1. The second-order valence-electron chi connectivity index (χ2n) is 6.02. The summed E-state index contributed by atoms with van der Waals surface area (Å²) in [4.78, 5) is 2.54. The molecular weight excluding hydrogens is 220 g/mol. The van der Waals surface area contributed by atoms with Gasteiger partial charge in [0.2, 0.25) is 0 Å². The number of nitrogens with zero attached hydrogens (tertiary/aromatic N) is 1. The highest BCUT2D eigenvalue weighted by molar-refractivity contribution is 5.49. The molecule has 1 fully saturated rings. The first-order chi connectivity index (χ1) is 8.56. The van der Waals surface area contributed by atoms with Gasteiger partial charge in [0.1, 0.15) is 0 Å². The quantitative estimate of drug-likeness (QED) is 0.887. The molecule has 18 heavy (non-hydrogen) atoms. The zero-order valence-electron chi connectivity index (χ0n) is 11.9. The molecule has 3 unspecified atom stereocenters. The van der Waals surface area contributed by atoms with E-state index in [-0.39, 0.29) is 6.04 Å². The Morgan fingerprint density at radius 3 is 2.50 bits per heavy atom. The molecule has 1 aliphatic rings. The first kappa shape index (κ1) is 13.4. The summed E-state index contributed by atoms with van der Waals surface area (Å²) < 4.78 is 0. The number of nitrogens with two attached hydrogens (primary N) is 1. The molecule has 100 valence electrons. The number of hydrogen-bond donors (Lipinski definition) is 1. The van der Waals surface area contributed by atoms with Crippen LogP contribution in [0.2, 0.25) is 0 Å². The van der Waals surface area contributed by atoms with E-state index in [1.807, 2.05) is 0 Å². The van der Waals surface area contributed by atoms with Crippen molar-refractivity contribution in [3.63, 3.8) is 0 Å². The maximum atomic E-state index is 5.83. The van der Waals surface area contributed by atoms with Gasteiger partial charge in [-0.05, 0) is 56.7 Å². The molecule has 0 saturated carbocycles. The fraction of sp³-hybridized carbons (Fsp3) is 0.625. The van der Waals surface area contributed by atoms with Crippen LogP contribution < -0.4 is 10.6 Å². The minimum Gasteiger partial charge on any atom is -0.369 e. The highest BCUT2D eigenvalue weighted by Gasteiger charge is 2.22. The van der Waals surface area contributed by atoms with Crippen LogP contribution in [0.3, 0.4) is 0 Å². The first-order valence-electron chi connectivity index (χ1n) is 7.17. The molecule has 1 aliphatic heterocycles. The summed E-state index contributed by atoms with van der Waals surface area (Å²) in [6, 6.07) is 9.86. The molecule has 2 heteroatoms. The van der Waals surface area contributed by atoms with Crippen molar-refractivity contribution >= 4 is 5.69 Å². The van der Waals surface area contributed by atoms with Gasteiger partial charge in [0, 0.05) is 24.3 Å². The van der Waals surface area contributed by atoms with Crippen LogP contribution in [0, 0.1) is 5.92 Å². The van der Waals surface area contributed by atoms with Gasteiger partial charge in [0.25, 0.3) is 0 Å². The lowest BCUT2D eigenvalue weighted by atomic mass is 9.93. The van der Waals surface area contributed by atoms with Crippen molar-refractivity contribution < 1.29 is 0 Å². The third-order valence-electron chi connectivity index (χ3n) is 3.96. The minimum atomic E-state index is 0.241. The van der Waals surface area contributed by atoms with Crippen LogP contribution in [-0.2, 0) is 6.42 Å². The molecule has 2 nitrogen and oxygen atoms in total. The van der Waals surface area contributed by atoms with Gasteiger partial charge in [-0.3, -0.25) is 0 Å². The predicted octanol–water partition coefficient (Wildman–Crippen LogP) is 3.20. The molecule has 0 spiro atoms. The highest BCUT2D eigenvalue weighted by atomic mass is 15.2. The van der Waals surface area contributed by atoms with Crippen LogP contribution in [-0.4, -0.2) is 18.6 Å². The Morgan fingerprint density at radius 2 is 1.94 bits per heavy atom. The molecule has 0 amide bonds. The van der Waals surface area contributed by atoms with Crippen LogP contribution >= 0.6 is 0 Å². The van der Waals surface area contributed by atoms with E-state index in [0.29, 0.717) is 6.04 Å². The Labute approximate surface area is 111 Å². The van der Waals surface area contributed by atoms with E-state index in [1.165, 1.54) is 30.6 Å². The van der Waals surface area contributed by atoms with Gasteiger partial charge in [-0.15, -0.1) is 0 Å². The lowest BCUT2D eigenvalue weighted by molar-refractivity contribution is 0.378.